The van der Waals surface area contributed by atoms with Gasteiger partial charge >= 0.3 is 0 Å². The molecule has 3 nitrogen and oxygen atoms in total. The Balaban J connectivity index is 2.28. The van der Waals surface area contributed by atoms with Gasteiger partial charge < -0.3 is 9.90 Å². The molecule has 0 aromatic heterocycles. The summed E-state index contributed by atoms with van der Waals surface area (Å²) in [5.41, 5.74) is 0.806. The number of carboxylic acid groups (broad SMARTS) is 1. The van der Waals surface area contributed by atoms with Crippen LogP contribution in [0.15, 0.2) is 42.5 Å². The average Bonchev–Trinajstić information content (AvgIpc) is 2.47. The molecule has 0 aliphatic rings. The van der Waals surface area contributed by atoms with Gasteiger partial charge in [-0.15, -0.1) is 0 Å². The summed E-state index contributed by atoms with van der Waals surface area (Å²) in [6.07, 6.45) is 2.42. The van der Waals surface area contributed by atoms with E-state index in [4.69, 9.17) is 5.26 Å². The number of carbonyl (C=O) groups excluding carboxylic acids is 1. The van der Waals surface area contributed by atoms with Crippen molar-refractivity contribution in [3.05, 3.63) is 48.0 Å². The maximum absolute atomic E-state index is 11.4. The minimum absolute atomic E-state index is 0.468. The fourth-order valence-electron chi connectivity index (χ4n) is 2.51. The van der Waals surface area contributed by atoms with Crippen molar-refractivity contribution in [2.45, 2.75) is 31.6 Å². The highest BCUT2D eigenvalue weighted by Gasteiger charge is 2.15. The van der Waals surface area contributed by atoms with Gasteiger partial charge in [-0.05, 0) is 29.2 Å². The van der Waals surface area contributed by atoms with Crippen LogP contribution in [0.4, 0.5) is 0 Å². The van der Waals surface area contributed by atoms with E-state index >= 15 is 0 Å². The SMILES string of the molecule is N#CCCCCC(C(=O)[O-])c1cccc2ccccc12. The third-order valence-electron chi connectivity index (χ3n) is 3.51. The van der Waals surface area contributed by atoms with Gasteiger partial charge in [-0.3, -0.25) is 0 Å². The van der Waals surface area contributed by atoms with Crippen LogP contribution in [0.3, 0.4) is 0 Å². The van der Waals surface area contributed by atoms with Crippen molar-refractivity contribution in [3.8, 4) is 6.07 Å². The second-order valence-electron chi connectivity index (χ2n) is 4.84. The van der Waals surface area contributed by atoms with E-state index in [0.717, 1.165) is 29.2 Å². The number of fused-ring (bicyclic) bond motifs is 1. The Morgan fingerprint density at radius 3 is 2.65 bits per heavy atom. The van der Waals surface area contributed by atoms with Gasteiger partial charge in [0.2, 0.25) is 0 Å². The fourth-order valence-corrected chi connectivity index (χ4v) is 2.51. The van der Waals surface area contributed by atoms with Crippen molar-refractivity contribution >= 4 is 16.7 Å². The van der Waals surface area contributed by atoms with Gasteiger partial charge in [0, 0.05) is 18.3 Å². The lowest BCUT2D eigenvalue weighted by Gasteiger charge is -2.20. The minimum atomic E-state index is -1.04. The zero-order chi connectivity index (χ0) is 14.4. The number of carbonyl (C=O) groups is 1. The zero-order valence-electron chi connectivity index (χ0n) is 11.2. The van der Waals surface area contributed by atoms with Crippen molar-refractivity contribution < 1.29 is 9.90 Å². The number of benzene rings is 2. The number of unbranched alkanes of at least 4 members (excludes halogenated alkanes) is 2. The maximum atomic E-state index is 11.4. The molecular weight excluding hydrogens is 250 g/mol. The number of nitrogens with zero attached hydrogens (tertiary/aromatic N) is 1. The van der Waals surface area contributed by atoms with E-state index in [1.165, 1.54) is 0 Å². The molecule has 2 aromatic carbocycles. The second-order valence-corrected chi connectivity index (χ2v) is 4.84. The van der Waals surface area contributed by atoms with Crippen LogP contribution >= 0.6 is 0 Å². The molecule has 0 aliphatic carbocycles. The molecule has 102 valence electrons. The second kappa shape index (κ2) is 6.72. The molecule has 0 spiro atoms. The third kappa shape index (κ3) is 3.16. The fraction of sp³-hybridized carbons (Fsp3) is 0.294. The number of hydrogen-bond acceptors (Lipinski definition) is 3. The lowest BCUT2D eigenvalue weighted by Crippen LogP contribution is -2.30. The molecule has 3 heteroatoms. The Kier molecular flexibility index (Phi) is 4.73. The molecule has 2 rings (SSSR count). The monoisotopic (exact) mass is 266 g/mol. The largest absolute Gasteiger partial charge is 0.549 e. The van der Waals surface area contributed by atoms with E-state index in [9.17, 15) is 9.90 Å². The topological polar surface area (TPSA) is 63.9 Å². The van der Waals surface area contributed by atoms with E-state index in [-0.39, 0.29) is 0 Å². The van der Waals surface area contributed by atoms with Crippen LogP contribution < -0.4 is 5.11 Å². The molecule has 1 atom stereocenters. The Morgan fingerprint density at radius 1 is 1.15 bits per heavy atom. The first kappa shape index (κ1) is 14.1. The highest BCUT2D eigenvalue weighted by molar-refractivity contribution is 5.90. The maximum Gasteiger partial charge on any atom is 0.0621 e. The predicted octanol–water partition coefficient (Wildman–Crippen LogP) is 2.76. The summed E-state index contributed by atoms with van der Waals surface area (Å²) in [7, 11) is 0. The van der Waals surface area contributed by atoms with Crippen LogP contribution in [-0.2, 0) is 4.79 Å². The summed E-state index contributed by atoms with van der Waals surface area (Å²) < 4.78 is 0. The Hall–Kier alpha value is -2.34. The van der Waals surface area contributed by atoms with Gasteiger partial charge in [0.15, 0.2) is 0 Å². The van der Waals surface area contributed by atoms with Crippen LogP contribution in [-0.4, -0.2) is 5.97 Å². The molecule has 0 fully saturated rings. The van der Waals surface area contributed by atoms with Crippen molar-refractivity contribution in [1.29, 1.82) is 5.26 Å². The average molecular weight is 266 g/mol. The standard InChI is InChI=1S/C17H17NO2/c18-12-5-1-2-10-16(17(19)20)15-11-6-8-13-7-3-4-9-14(13)15/h3-4,6-9,11,16H,1-2,5,10H2,(H,19,20)/p-1. The lowest BCUT2D eigenvalue weighted by molar-refractivity contribution is -0.308. The van der Waals surface area contributed by atoms with Crippen molar-refractivity contribution in [1.82, 2.24) is 0 Å². The summed E-state index contributed by atoms with van der Waals surface area (Å²) in [5.74, 6) is -1.65. The van der Waals surface area contributed by atoms with Crippen molar-refractivity contribution in [2.24, 2.45) is 0 Å². The molecule has 20 heavy (non-hydrogen) atoms. The van der Waals surface area contributed by atoms with Crippen molar-refractivity contribution in [3.63, 3.8) is 0 Å². The van der Waals surface area contributed by atoms with Crippen molar-refractivity contribution in [2.75, 3.05) is 0 Å². The summed E-state index contributed by atoms with van der Waals surface area (Å²) in [5, 5.41) is 21.9. The lowest BCUT2D eigenvalue weighted by atomic mass is 9.89. The highest BCUT2D eigenvalue weighted by Crippen LogP contribution is 2.29. The van der Waals surface area contributed by atoms with Gasteiger partial charge in [-0.2, -0.15) is 5.26 Å². The minimum Gasteiger partial charge on any atom is -0.549 e. The zero-order valence-corrected chi connectivity index (χ0v) is 11.2. The summed E-state index contributed by atoms with van der Waals surface area (Å²) in [6, 6.07) is 15.5. The smallest absolute Gasteiger partial charge is 0.0621 e. The number of hydrogen-bond donors (Lipinski definition) is 0. The molecule has 0 radical (unpaired) electrons. The first-order valence-corrected chi connectivity index (χ1v) is 6.79. The van der Waals surface area contributed by atoms with Gasteiger partial charge in [0.25, 0.3) is 0 Å². The van der Waals surface area contributed by atoms with E-state index in [1.54, 1.807) is 0 Å². The molecule has 0 N–H and O–H groups in total. The Labute approximate surface area is 118 Å². The summed E-state index contributed by atoms with van der Waals surface area (Å²) >= 11 is 0. The van der Waals surface area contributed by atoms with Crippen LogP contribution in [0.1, 0.15) is 37.2 Å². The molecular formula is C17H16NO2-. The molecule has 0 amide bonds. The quantitative estimate of drug-likeness (QED) is 0.755. The van der Waals surface area contributed by atoms with Gasteiger partial charge in [0.1, 0.15) is 0 Å². The molecule has 1 unspecified atom stereocenters. The number of carboxylic acids is 1. The third-order valence-corrected chi connectivity index (χ3v) is 3.51. The van der Waals surface area contributed by atoms with Crippen LogP contribution in [0.25, 0.3) is 10.8 Å². The highest BCUT2D eigenvalue weighted by atomic mass is 16.4. The number of rotatable bonds is 6. The predicted molar refractivity (Wildman–Crippen MR) is 75.8 cm³/mol. The number of aliphatic carboxylic acids is 1. The van der Waals surface area contributed by atoms with E-state index in [0.29, 0.717) is 12.8 Å². The summed E-state index contributed by atoms with van der Waals surface area (Å²) in [4.78, 5) is 11.4. The van der Waals surface area contributed by atoms with E-state index < -0.39 is 11.9 Å². The van der Waals surface area contributed by atoms with E-state index in [2.05, 4.69) is 6.07 Å². The van der Waals surface area contributed by atoms with Crippen LogP contribution in [0.5, 0.6) is 0 Å². The number of nitriles is 1. The first-order valence-electron chi connectivity index (χ1n) is 6.79. The molecule has 0 saturated heterocycles. The van der Waals surface area contributed by atoms with E-state index in [1.807, 2.05) is 42.5 Å². The molecule has 0 heterocycles. The molecule has 0 saturated carbocycles. The summed E-state index contributed by atoms with van der Waals surface area (Å²) in [6.45, 7) is 0. The van der Waals surface area contributed by atoms with Gasteiger partial charge in [0.05, 0.1) is 6.07 Å². The molecule has 0 bridgehead atoms. The molecule has 2 aromatic rings. The van der Waals surface area contributed by atoms with Crippen LogP contribution in [0, 0.1) is 11.3 Å². The van der Waals surface area contributed by atoms with Crippen LogP contribution in [0.2, 0.25) is 0 Å². The molecule has 0 aliphatic heterocycles. The Morgan fingerprint density at radius 2 is 1.90 bits per heavy atom. The normalized spacial score (nSPS) is 11.9. The van der Waals surface area contributed by atoms with Gasteiger partial charge in [-0.1, -0.05) is 48.9 Å². The van der Waals surface area contributed by atoms with Gasteiger partial charge in [-0.25, -0.2) is 0 Å². The first-order chi connectivity index (χ1) is 9.74. The Bertz CT molecular complexity index is 637.